The van der Waals surface area contributed by atoms with Gasteiger partial charge in [0.2, 0.25) is 5.91 Å². The van der Waals surface area contributed by atoms with Gasteiger partial charge in [0.25, 0.3) is 0 Å². The number of amides is 1. The molecule has 0 spiro atoms. The van der Waals surface area contributed by atoms with E-state index in [0.29, 0.717) is 13.1 Å². The SMILES string of the molecule is CCNC(=NCCN1CCOCC1)NCCNC(=O)C1CC1.I. The summed E-state index contributed by atoms with van der Waals surface area (Å²) in [5, 5.41) is 9.42. The number of guanidine groups is 1. The monoisotopic (exact) mass is 439 g/mol. The average Bonchev–Trinajstić information content (AvgIpc) is 3.37. The number of hydrogen-bond acceptors (Lipinski definition) is 4. The van der Waals surface area contributed by atoms with E-state index in [1.165, 1.54) is 0 Å². The molecule has 0 radical (unpaired) electrons. The highest BCUT2D eigenvalue weighted by Gasteiger charge is 2.28. The molecule has 134 valence electrons. The number of rotatable bonds is 8. The summed E-state index contributed by atoms with van der Waals surface area (Å²) in [6.45, 7) is 9.57. The van der Waals surface area contributed by atoms with Crippen LogP contribution in [0, 0.1) is 5.92 Å². The topological polar surface area (TPSA) is 78.0 Å². The summed E-state index contributed by atoms with van der Waals surface area (Å²) in [4.78, 5) is 18.5. The Morgan fingerprint density at radius 2 is 1.87 bits per heavy atom. The second-order valence-corrected chi connectivity index (χ2v) is 5.71. The van der Waals surface area contributed by atoms with Gasteiger partial charge < -0.3 is 20.7 Å². The van der Waals surface area contributed by atoms with Gasteiger partial charge in [-0.05, 0) is 19.8 Å². The number of halogens is 1. The first-order valence-electron chi connectivity index (χ1n) is 8.39. The normalized spacial score (nSPS) is 18.9. The van der Waals surface area contributed by atoms with E-state index in [0.717, 1.165) is 64.7 Å². The van der Waals surface area contributed by atoms with Crippen molar-refractivity contribution in [3.05, 3.63) is 0 Å². The summed E-state index contributed by atoms with van der Waals surface area (Å²) in [7, 11) is 0. The maximum atomic E-state index is 11.5. The fraction of sp³-hybridized carbons (Fsp3) is 0.867. The van der Waals surface area contributed by atoms with E-state index >= 15 is 0 Å². The van der Waals surface area contributed by atoms with Gasteiger partial charge >= 0.3 is 0 Å². The molecule has 2 aliphatic rings. The van der Waals surface area contributed by atoms with Gasteiger partial charge in [-0.25, -0.2) is 0 Å². The predicted octanol–water partition coefficient (Wildman–Crippen LogP) is 0.0179. The summed E-state index contributed by atoms with van der Waals surface area (Å²) >= 11 is 0. The van der Waals surface area contributed by atoms with Crippen molar-refractivity contribution in [1.29, 1.82) is 0 Å². The van der Waals surface area contributed by atoms with Crippen LogP contribution in [0.2, 0.25) is 0 Å². The molecule has 7 nitrogen and oxygen atoms in total. The Morgan fingerprint density at radius 1 is 1.17 bits per heavy atom. The molecule has 0 unspecified atom stereocenters. The molecule has 1 saturated heterocycles. The first-order chi connectivity index (χ1) is 10.8. The molecule has 0 aromatic carbocycles. The molecule has 3 N–H and O–H groups in total. The minimum atomic E-state index is 0. The Labute approximate surface area is 156 Å². The molecule has 0 aromatic heterocycles. The third kappa shape index (κ3) is 8.71. The van der Waals surface area contributed by atoms with E-state index < -0.39 is 0 Å². The van der Waals surface area contributed by atoms with Gasteiger partial charge in [0.05, 0.1) is 19.8 Å². The molecular formula is C15H30IN5O2. The van der Waals surface area contributed by atoms with E-state index in [-0.39, 0.29) is 35.8 Å². The first-order valence-corrected chi connectivity index (χ1v) is 8.39. The van der Waals surface area contributed by atoms with Crippen LogP contribution in [0.25, 0.3) is 0 Å². The molecule has 0 aromatic rings. The quantitative estimate of drug-likeness (QED) is 0.215. The fourth-order valence-electron chi connectivity index (χ4n) is 2.33. The van der Waals surface area contributed by atoms with Crippen molar-refractivity contribution < 1.29 is 9.53 Å². The molecule has 1 aliphatic heterocycles. The molecular weight excluding hydrogens is 409 g/mol. The lowest BCUT2D eigenvalue weighted by Crippen LogP contribution is -2.42. The van der Waals surface area contributed by atoms with Gasteiger partial charge in [-0.1, -0.05) is 0 Å². The van der Waals surface area contributed by atoms with E-state index in [2.05, 4.69) is 25.8 Å². The van der Waals surface area contributed by atoms with Crippen molar-refractivity contribution >= 4 is 35.8 Å². The van der Waals surface area contributed by atoms with Gasteiger partial charge in [0, 0.05) is 45.2 Å². The second-order valence-electron chi connectivity index (χ2n) is 5.71. The summed E-state index contributed by atoms with van der Waals surface area (Å²) in [5.41, 5.74) is 0. The Kier molecular flexibility index (Phi) is 10.5. The predicted molar refractivity (Wildman–Crippen MR) is 102 cm³/mol. The van der Waals surface area contributed by atoms with Crippen LogP contribution in [0.3, 0.4) is 0 Å². The van der Waals surface area contributed by atoms with Crippen LogP contribution < -0.4 is 16.0 Å². The lowest BCUT2D eigenvalue weighted by atomic mass is 10.4. The largest absolute Gasteiger partial charge is 0.379 e. The smallest absolute Gasteiger partial charge is 0.223 e. The summed E-state index contributed by atoms with van der Waals surface area (Å²) in [5.74, 6) is 1.28. The molecule has 1 heterocycles. The Morgan fingerprint density at radius 3 is 2.52 bits per heavy atom. The zero-order chi connectivity index (χ0) is 15.6. The van der Waals surface area contributed by atoms with Crippen LogP contribution in [0.4, 0.5) is 0 Å². The zero-order valence-corrected chi connectivity index (χ0v) is 16.3. The summed E-state index contributed by atoms with van der Waals surface area (Å²) in [6, 6.07) is 0. The number of aliphatic imine (C=N–C) groups is 1. The van der Waals surface area contributed by atoms with Crippen LogP contribution in [-0.4, -0.2) is 75.8 Å². The third-order valence-electron chi connectivity index (χ3n) is 3.80. The van der Waals surface area contributed by atoms with Crippen molar-refractivity contribution in [2.75, 3.05) is 59.0 Å². The minimum absolute atomic E-state index is 0. The highest BCUT2D eigenvalue weighted by atomic mass is 127. The molecule has 0 atom stereocenters. The van der Waals surface area contributed by atoms with Crippen molar-refractivity contribution in [1.82, 2.24) is 20.9 Å². The number of hydrogen-bond donors (Lipinski definition) is 3. The van der Waals surface area contributed by atoms with Crippen LogP contribution in [-0.2, 0) is 9.53 Å². The van der Waals surface area contributed by atoms with E-state index in [4.69, 9.17) is 4.74 Å². The minimum Gasteiger partial charge on any atom is -0.379 e. The molecule has 1 saturated carbocycles. The van der Waals surface area contributed by atoms with E-state index in [1.54, 1.807) is 0 Å². The third-order valence-corrected chi connectivity index (χ3v) is 3.80. The second kappa shape index (κ2) is 11.9. The summed E-state index contributed by atoms with van der Waals surface area (Å²) in [6.07, 6.45) is 2.09. The highest BCUT2D eigenvalue weighted by molar-refractivity contribution is 14.0. The number of morpholine rings is 1. The van der Waals surface area contributed by atoms with Crippen molar-refractivity contribution in [3.63, 3.8) is 0 Å². The van der Waals surface area contributed by atoms with Gasteiger partial charge in [-0.3, -0.25) is 14.7 Å². The zero-order valence-electron chi connectivity index (χ0n) is 14.0. The van der Waals surface area contributed by atoms with Crippen LogP contribution in [0.1, 0.15) is 19.8 Å². The van der Waals surface area contributed by atoms with Crippen LogP contribution in [0.5, 0.6) is 0 Å². The fourth-order valence-corrected chi connectivity index (χ4v) is 2.33. The van der Waals surface area contributed by atoms with E-state index in [9.17, 15) is 4.79 Å². The lowest BCUT2D eigenvalue weighted by Gasteiger charge is -2.25. The standard InChI is InChI=1S/C15H29N5O2.HI/c1-2-16-15(18-6-5-17-14(21)13-3-4-13)19-7-8-20-9-11-22-12-10-20;/h13H,2-12H2,1H3,(H,17,21)(H2,16,18,19);1H. The van der Waals surface area contributed by atoms with Crippen LogP contribution in [0.15, 0.2) is 4.99 Å². The van der Waals surface area contributed by atoms with Crippen molar-refractivity contribution in [3.8, 4) is 0 Å². The maximum Gasteiger partial charge on any atom is 0.223 e. The van der Waals surface area contributed by atoms with Crippen molar-refractivity contribution in [2.45, 2.75) is 19.8 Å². The van der Waals surface area contributed by atoms with Gasteiger partial charge in [-0.2, -0.15) is 0 Å². The summed E-state index contributed by atoms with van der Waals surface area (Å²) < 4.78 is 5.33. The molecule has 23 heavy (non-hydrogen) atoms. The first kappa shape index (κ1) is 20.4. The van der Waals surface area contributed by atoms with Crippen LogP contribution >= 0.6 is 24.0 Å². The molecule has 0 bridgehead atoms. The van der Waals surface area contributed by atoms with Gasteiger partial charge in [0.15, 0.2) is 5.96 Å². The molecule has 8 heteroatoms. The Bertz CT molecular complexity index is 371. The van der Waals surface area contributed by atoms with E-state index in [1.807, 2.05) is 6.92 Å². The highest BCUT2D eigenvalue weighted by Crippen LogP contribution is 2.28. The number of ether oxygens (including phenoxy) is 1. The van der Waals surface area contributed by atoms with Crippen molar-refractivity contribution in [2.24, 2.45) is 10.9 Å². The molecule has 1 amide bonds. The molecule has 2 rings (SSSR count). The van der Waals surface area contributed by atoms with Gasteiger partial charge in [-0.15, -0.1) is 24.0 Å². The number of carbonyl (C=O) groups excluding carboxylic acids is 1. The Hall–Kier alpha value is -0.610. The lowest BCUT2D eigenvalue weighted by molar-refractivity contribution is -0.122. The number of nitrogens with zero attached hydrogens (tertiary/aromatic N) is 2. The van der Waals surface area contributed by atoms with Gasteiger partial charge in [0.1, 0.15) is 0 Å². The molecule has 2 fully saturated rings. The average molecular weight is 439 g/mol. The molecule has 1 aliphatic carbocycles. The Balaban J connectivity index is 0.00000264. The number of nitrogens with one attached hydrogen (secondary N) is 3. The maximum absolute atomic E-state index is 11.5. The number of carbonyl (C=O) groups is 1.